The number of aryl methyl sites for hydroxylation is 1. The number of likely N-dealkylation sites (tertiary alicyclic amines) is 1. The summed E-state index contributed by atoms with van der Waals surface area (Å²) in [5, 5.41) is 11.3. The van der Waals surface area contributed by atoms with E-state index in [1.54, 1.807) is 31.3 Å². The van der Waals surface area contributed by atoms with E-state index in [-0.39, 0.29) is 23.3 Å². The van der Waals surface area contributed by atoms with Crippen LogP contribution in [0.5, 0.6) is 11.5 Å². The smallest absolute Gasteiger partial charge is 0.295 e. The molecule has 0 aromatic heterocycles. The van der Waals surface area contributed by atoms with Crippen molar-refractivity contribution < 1.29 is 24.2 Å². The van der Waals surface area contributed by atoms with Crippen molar-refractivity contribution in [2.75, 3.05) is 20.8 Å². The molecule has 3 aromatic carbocycles. The van der Waals surface area contributed by atoms with Gasteiger partial charge in [-0.2, -0.15) is 0 Å². The second-order valence-corrected chi connectivity index (χ2v) is 10.7. The number of hydrogen-bond donors (Lipinski definition) is 1. The number of carbonyl (C=O) groups is 2. The first-order chi connectivity index (χ1) is 18.0. The zero-order chi connectivity index (χ0) is 27.6. The molecule has 1 aliphatic rings. The molecule has 198 valence electrons. The van der Waals surface area contributed by atoms with Crippen molar-refractivity contribution in [1.29, 1.82) is 0 Å². The van der Waals surface area contributed by atoms with Crippen LogP contribution in [0.25, 0.3) is 5.76 Å². The average Bonchev–Trinajstić information content (AvgIpc) is 3.16. The van der Waals surface area contributed by atoms with Gasteiger partial charge in [-0.3, -0.25) is 9.59 Å². The van der Waals surface area contributed by atoms with E-state index in [0.29, 0.717) is 23.5 Å². The highest BCUT2D eigenvalue weighted by molar-refractivity contribution is 6.46. The van der Waals surface area contributed by atoms with Gasteiger partial charge in [-0.15, -0.1) is 0 Å². The highest BCUT2D eigenvalue weighted by Gasteiger charge is 2.45. The Labute approximate surface area is 224 Å². The van der Waals surface area contributed by atoms with Gasteiger partial charge in [0.1, 0.15) is 5.76 Å². The van der Waals surface area contributed by atoms with Crippen LogP contribution in [-0.2, 0) is 21.4 Å². The molecule has 1 heterocycles. The van der Waals surface area contributed by atoms with Gasteiger partial charge in [0, 0.05) is 12.1 Å². The van der Waals surface area contributed by atoms with E-state index >= 15 is 0 Å². The van der Waals surface area contributed by atoms with Gasteiger partial charge in [0.15, 0.2) is 11.5 Å². The van der Waals surface area contributed by atoms with Crippen LogP contribution in [0.15, 0.2) is 72.3 Å². The van der Waals surface area contributed by atoms with Crippen LogP contribution < -0.4 is 9.47 Å². The van der Waals surface area contributed by atoms with E-state index in [0.717, 1.165) is 22.3 Å². The molecule has 0 saturated carbocycles. The van der Waals surface area contributed by atoms with Crippen LogP contribution in [-0.4, -0.2) is 42.5 Å². The van der Waals surface area contributed by atoms with E-state index in [2.05, 4.69) is 20.8 Å². The number of Topliss-reactive ketones (excluding diaryl/α,β-unsaturated/α-hetero) is 1. The maximum atomic E-state index is 13.4. The lowest BCUT2D eigenvalue weighted by molar-refractivity contribution is -0.139. The molecule has 0 spiro atoms. The number of aliphatic hydroxyl groups excluding tert-OH is 1. The Morgan fingerprint density at radius 2 is 1.53 bits per heavy atom. The standard InChI is InChI=1S/C32H35NO5/c1-20-7-10-23(11-8-20)29(34)27-28(22-12-14-24(15-13-22)32(2,3)4)33(31(36)30(27)35)18-17-21-9-16-25(37-5)26(19-21)38-6/h7-16,19,28,34H,17-18H2,1-6H3/t28-/m0/s1. The number of rotatable bonds is 7. The Bertz CT molecular complexity index is 1360. The summed E-state index contributed by atoms with van der Waals surface area (Å²) in [5.41, 5.74) is 4.45. The maximum absolute atomic E-state index is 13.4. The lowest BCUT2D eigenvalue weighted by Gasteiger charge is -2.26. The molecule has 1 aliphatic heterocycles. The number of nitrogens with zero attached hydrogens (tertiary/aromatic N) is 1. The van der Waals surface area contributed by atoms with E-state index in [4.69, 9.17) is 9.47 Å². The van der Waals surface area contributed by atoms with Crippen molar-refractivity contribution in [3.8, 4) is 11.5 Å². The van der Waals surface area contributed by atoms with Crippen LogP contribution in [0.2, 0.25) is 0 Å². The van der Waals surface area contributed by atoms with Gasteiger partial charge in [-0.1, -0.05) is 80.9 Å². The summed E-state index contributed by atoms with van der Waals surface area (Å²) in [7, 11) is 3.16. The van der Waals surface area contributed by atoms with E-state index in [1.165, 1.54) is 0 Å². The molecule has 0 aliphatic carbocycles. The predicted octanol–water partition coefficient (Wildman–Crippen LogP) is 5.97. The van der Waals surface area contributed by atoms with Crippen molar-refractivity contribution >= 4 is 17.4 Å². The fraction of sp³-hybridized carbons (Fsp3) is 0.312. The van der Waals surface area contributed by atoms with Crippen LogP contribution in [0.3, 0.4) is 0 Å². The first kappa shape index (κ1) is 27.0. The largest absolute Gasteiger partial charge is 0.507 e. The molecule has 1 amide bonds. The zero-order valence-corrected chi connectivity index (χ0v) is 22.9. The summed E-state index contributed by atoms with van der Waals surface area (Å²) in [6.07, 6.45) is 0.495. The normalized spacial score (nSPS) is 17.1. The van der Waals surface area contributed by atoms with Crippen LogP contribution in [0.4, 0.5) is 0 Å². The van der Waals surface area contributed by atoms with Gasteiger partial charge < -0.3 is 19.5 Å². The Hall–Kier alpha value is -4.06. The van der Waals surface area contributed by atoms with Crippen molar-refractivity contribution in [3.05, 3.63) is 100 Å². The maximum Gasteiger partial charge on any atom is 0.295 e. The topological polar surface area (TPSA) is 76.1 Å². The summed E-state index contributed by atoms with van der Waals surface area (Å²) in [4.78, 5) is 28.3. The number of carbonyl (C=O) groups excluding carboxylic acids is 2. The minimum Gasteiger partial charge on any atom is -0.507 e. The first-order valence-corrected chi connectivity index (χ1v) is 12.7. The number of ketones is 1. The van der Waals surface area contributed by atoms with Crippen molar-refractivity contribution in [1.82, 2.24) is 4.90 Å². The Balaban J connectivity index is 1.76. The van der Waals surface area contributed by atoms with E-state index in [1.807, 2.05) is 61.5 Å². The molecule has 38 heavy (non-hydrogen) atoms. The van der Waals surface area contributed by atoms with Crippen molar-refractivity contribution in [2.45, 2.75) is 45.6 Å². The molecule has 4 rings (SSSR count). The molecule has 6 heteroatoms. The molecule has 6 nitrogen and oxygen atoms in total. The van der Waals surface area contributed by atoms with Gasteiger partial charge in [-0.05, 0) is 47.6 Å². The summed E-state index contributed by atoms with van der Waals surface area (Å²) >= 11 is 0. The molecular weight excluding hydrogens is 478 g/mol. The molecule has 1 saturated heterocycles. The van der Waals surface area contributed by atoms with Crippen molar-refractivity contribution in [3.63, 3.8) is 0 Å². The fourth-order valence-electron chi connectivity index (χ4n) is 4.78. The number of methoxy groups -OCH3 is 2. The van der Waals surface area contributed by atoms with Crippen LogP contribution in [0, 0.1) is 6.92 Å². The predicted molar refractivity (Wildman–Crippen MR) is 149 cm³/mol. The van der Waals surface area contributed by atoms with E-state index < -0.39 is 17.7 Å². The summed E-state index contributed by atoms with van der Waals surface area (Å²) in [6.45, 7) is 8.64. The van der Waals surface area contributed by atoms with E-state index in [9.17, 15) is 14.7 Å². The Morgan fingerprint density at radius 3 is 2.11 bits per heavy atom. The lowest BCUT2D eigenvalue weighted by atomic mass is 9.85. The monoisotopic (exact) mass is 513 g/mol. The first-order valence-electron chi connectivity index (χ1n) is 12.7. The number of amides is 1. The lowest BCUT2D eigenvalue weighted by Crippen LogP contribution is -2.31. The van der Waals surface area contributed by atoms with Gasteiger partial charge in [0.05, 0.1) is 25.8 Å². The number of benzene rings is 3. The van der Waals surface area contributed by atoms with Gasteiger partial charge >= 0.3 is 0 Å². The SMILES string of the molecule is COc1ccc(CCN2C(=O)C(=O)C(=C(O)c3ccc(C)cc3)[C@@H]2c2ccc(C(C)(C)C)cc2)cc1OC. The molecule has 3 aromatic rings. The van der Waals surface area contributed by atoms with Crippen molar-refractivity contribution in [2.24, 2.45) is 0 Å². The molecule has 1 N–H and O–H groups in total. The second kappa shape index (κ2) is 10.7. The number of hydrogen-bond acceptors (Lipinski definition) is 5. The highest BCUT2D eigenvalue weighted by Crippen LogP contribution is 2.40. The molecule has 0 bridgehead atoms. The summed E-state index contributed by atoms with van der Waals surface area (Å²) in [6, 6.07) is 20.1. The second-order valence-electron chi connectivity index (χ2n) is 10.7. The molecule has 1 fully saturated rings. The fourth-order valence-corrected chi connectivity index (χ4v) is 4.78. The molecule has 0 radical (unpaired) electrons. The third-order valence-corrected chi connectivity index (χ3v) is 7.05. The minimum absolute atomic E-state index is 0.0460. The quantitative estimate of drug-likeness (QED) is 0.239. The molecular formula is C32H35NO5. The Morgan fingerprint density at radius 1 is 0.895 bits per heavy atom. The summed E-state index contributed by atoms with van der Waals surface area (Å²) < 4.78 is 10.8. The number of aliphatic hydroxyl groups is 1. The van der Waals surface area contributed by atoms with Crippen LogP contribution >= 0.6 is 0 Å². The minimum atomic E-state index is -0.703. The van der Waals surface area contributed by atoms with Gasteiger partial charge in [0.2, 0.25) is 0 Å². The third-order valence-electron chi connectivity index (χ3n) is 7.05. The van der Waals surface area contributed by atoms with Gasteiger partial charge in [0.25, 0.3) is 11.7 Å². The third kappa shape index (κ3) is 5.30. The van der Waals surface area contributed by atoms with Crippen LogP contribution in [0.1, 0.15) is 54.6 Å². The average molecular weight is 514 g/mol. The highest BCUT2D eigenvalue weighted by atomic mass is 16.5. The molecule has 1 atom stereocenters. The molecule has 0 unspecified atom stereocenters. The van der Waals surface area contributed by atoms with Gasteiger partial charge in [-0.25, -0.2) is 0 Å². The zero-order valence-electron chi connectivity index (χ0n) is 22.9. The number of ether oxygens (including phenoxy) is 2. The Kier molecular flexibility index (Phi) is 7.63. The summed E-state index contributed by atoms with van der Waals surface area (Å²) in [5.74, 6) is -0.249.